The summed E-state index contributed by atoms with van der Waals surface area (Å²) in [6.07, 6.45) is 1.52. The van der Waals surface area contributed by atoms with Gasteiger partial charge in [0, 0.05) is 26.7 Å². The van der Waals surface area contributed by atoms with Gasteiger partial charge in [-0.25, -0.2) is 4.68 Å². The highest BCUT2D eigenvalue weighted by Gasteiger charge is 2.22. The number of aromatic nitrogens is 3. The zero-order chi connectivity index (χ0) is 13.1. The Balaban J connectivity index is 1.95. The molecule has 0 spiro atoms. The molecule has 1 amide bonds. The zero-order valence-corrected chi connectivity index (χ0v) is 10.0. The molecular formula is C10H15N5O3. The van der Waals surface area contributed by atoms with Gasteiger partial charge in [-0.05, 0) is 0 Å². The summed E-state index contributed by atoms with van der Waals surface area (Å²) in [4.78, 5) is 23.7. The molecule has 1 fully saturated rings. The van der Waals surface area contributed by atoms with Gasteiger partial charge in [-0.2, -0.15) is 0 Å². The number of hydrogen-bond acceptors (Lipinski definition) is 5. The van der Waals surface area contributed by atoms with Crippen LogP contribution in [0.25, 0.3) is 0 Å². The van der Waals surface area contributed by atoms with Crippen LogP contribution in [-0.2, 0) is 4.79 Å². The van der Waals surface area contributed by atoms with Gasteiger partial charge in [0.15, 0.2) is 5.69 Å². The molecule has 0 radical (unpaired) electrons. The maximum atomic E-state index is 11.9. The molecule has 18 heavy (non-hydrogen) atoms. The molecule has 1 aliphatic heterocycles. The van der Waals surface area contributed by atoms with Gasteiger partial charge in [-0.3, -0.25) is 9.59 Å². The summed E-state index contributed by atoms with van der Waals surface area (Å²) < 4.78 is 1.66. The second-order valence-corrected chi connectivity index (χ2v) is 4.27. The standard InChI is InChI=1S/C10H15N5O3/c1-14(3-2-9(16)17)10(18)8-6-15(13-12-8)7-4-11-5-7/h6-7,11H,2-5H2,1H3,(H,16,17). The average Bonchev–Trinajstić information content (AvgIpc) is 2.71. The zero-order valence-electron chi connectivity index (χ0n) is 10.0. The lowest BCUT2D eigenvalue weighted by Gasteiger charge is -2.26. The number of nitrogens with one attached hydrogen (secondary N) is 1. The van der Waals surface area contributed by atoms with Crippen molar-refractivity contribution >= 4 is 11.9 Å². The van der Waals surface area contributed by atoms with Crippen LogP contribution in [0.5, 0.6) is 0 Å². The molecule has 8 nitrogen and oxygen atoms in total. The van der Waals surface area contributed by atoms with Crippen molar-refractivity contribution in [2.75, 3.05) is 26.7 Å². The molecule has 2 N–H and O–H groups in total. The third-order valence-corrected chi connectivity index (χ3v) is 2.87. The van der Waals surface area contributed by atoms with E-state index in [1.807, 2.05) is 0 Å². The smallest absolute Gasteiger partial charge is 0.305 e. The van der Waals surface area contributed by atoms with E-state index in [4.69, 9.17) is 5.11 Å². The SMILES string of the molecule is CN(CCC(=O)O)C(=O)c1cn(C2CNC2)nn1. The predicted molar refractivity (Wildman–Crippen MR) is 61.1 cm³/mol. The lowest BCUT2D eigenvalue weighted by molar-refractivity contribution is -0.137. The van der Waals surface area contributed by atoms with Crippen LogP contribution in [-0.4, -0.2) is 63.6 Å². The maximum Gasteiger partial charge on any atom is 0.305 e. The number of hydrogen-bond donors (Lipinski definition) is 2. The second-order valence-electron chi connectivity index (χ2n) is 4.27. The molecule has 0 aliphatic carbocycles. The van der Waals surface area contributed by atoms with Gasteiger partial charge in [-0.15, -0.1) is 5.10 Å². The quantitative estimate of drug-likeness (QED) is 0.696. The van der Waals surface area contributed by atoms with Crippen molar-refractivity contribution in [2.24, 2.45) is 0 Å². The first kappa shape index (κ1) is 12.5. The van der Waals surface area contributed by atoms with Crippen LogP contribution < -0.4 is 5.32 Å². The highest BCUT2D eigenvalue weighted by Crippen LogP contribution is 2.10. The summed E-state index contributed by atoms with van der Waals surface area (Å²) in [7, 11) is 1.55. The molecule has 0 aromatic carbocycles. The topological polar surface area (TPSA) is 100 Å². The summed E-state index contributed by atoms with van der Waals surface area (Å²) in [6, 6.07) is 0.253. The highest BCUT2D eigenvalue weighted by molar-refractivity contribution is 5.91. The monoisotopic (exact) mass is 253 g/mol. The number of carboxylic acids is 1. The second kappa shape index (κ2) is 5.13. The Morgan fingerprint density at radius 2 is 2.33 bits per heavy atom. The molecule has 98 valence electrons. The van der Waals surface area contributed by atoms with Crippen LogP contribution in [0.15, 0.2) is 6.20 Å². The number of nitrogens with zero attached hydrogens (tertiary/aromatic N) is 4. The molecule has 1 saturated heterocycles. The Morgan fingerprint density at radius 3 is 2.89 bits per heavy atom. The van der Waals surface area contributed by atoms with Crippen molar-refractivity contribution in [3.05, 3.63) is 11.9 Å². The van der Waals surface area contributed by atoms with E-state index in [0.29, 0.717) is 0 Å². The Labute approximate surface area is 104 Å². The molecule has 1 aromatic heterocycles. The van der Waals surface area contributed by atoms with Gasteiger partial charge in [0.25, 0.3) is 5.91 Å². The van der Waals surface area contributed by atoms with E-state index in [0.717, 1.165) is 13.1 Å². The van der Waals surface area contributed by atoms with Crippen LogP contribution in [0.4, 0.5) is 0 Å². The van der Waals surface area contributed by atoms with Gasteiger partial charge in [0.05, 0.1) is 18.7 Å². The number of carboxylic acid groups (broad SMARTS) is 1. The molecule has 2 rings (SSSR count). The van der Waals surface area contributed by atoms with E-state index in [2.05, 4.69) is 15.6 Å². The third-order valence-electron chi connectivity index (χ3n) is 2.87. The van der Waals surface area contributed by atoms with E-state index in [-0.39, 0.29) is 30.6 Å². The molecule has 0 saturated carbocycles. The van der Waals surface area contributed by atoms with Crippen LogP contribution >= 0.6 is 0 Å². The van der Waals surface area contributed by atoms with Crippen LogP contribution in [0, 0.1) is 0 Å². The summed E-state index contributed by atoms with van der Waals surface area (Å²) in [6.45, 7) is 1.81. The van der Waals surface area contributed by atoms with Gasteiger partial charge < -0.3 is 15.3 Å². The van der Waals surface area contributed by atoms with Crippen molar-refractivity contribution < 1.29 is 14.7 Å². The van der Waals surface area contributed by atoms with E-state index >= 15 is 0 Å². The molecule has 1 aliphatic rings. The van der Waals surface area contributed by atoms with E-state index < -0.39 is 5.97 Å². The van der Waals surface area contributed by atoms with Crippen molar-refractivity contribution in [1.82, 2.24) is 25.2 Å². The molecule has 8 heteroatoms. The number of carbonyl (C=O) groups excluding carboxylic acids is 1. The normalized spacial score (nSPS) is 15.2. The Kier molecular flexibility index (Phi) is 3.56. The molecule has 0 bridgehead atoms. The largest absolute Gasteiger partial charge is 0.481 e. The average molecular weight is 253 g/mol. The Hall–Kier alpha value is -1.96. The molecular weight excluding hydrogens is 238 g/mol. The fourth-order valence-corrected chi connectivity index (χ4v) is 1.57. The van der Waals surface area contributed by atoms with Crippen molar-refractivity contribution in [3.8, 4) is 0 Å². The molecule has 0 unspecified atom stereocenters. The Bertz CT molecular complexity index is 454. The highest BCUT2D eigenvalue weighted by atomic mass is 16.4. The summed E-state index contributed by atoms with van der Waals surface area (Å²) >= 11 is 0. The van der Waals surface area contributed by atoms with Gasteiger partial charge >= 0.3 is 5.97 Å². The first-order valence-electron chi connectivity index (χ1n) is 5.67. The minimum atomic E-state index is -0.932. The van der Waals surface area contributed by atoms with Crippen molar-refractivity contribution in [1.29, 1.82) is 0 Å². The van der Waals surface area contributed by atoms with Crippen LogP contribution in [0.2, 0.25) is 0 Å². The predicted octanol–water partition coefficient (Wildman–Crippen LogP) is -1.03. The fraction of sp³-hybridized carbons (Fsp3) is 0.600. The van der Waals surface area contributed by atoms with Gasteiger partial charge in [0.1, 0.15) is 0 Å². The van der Waals surface area contributed by atoms with Crippen LogP contribution in [0.1, 0.15) is 23.0 Å². The lowest BCUT2D eigenvalue weighted by Crippen LogP contribution is -2.43. The Morgan fingerprint density at radius 1 is 1.61 bits per heavy atom. The first-order valence-corrected chi connectivity index (χ1v) is 5.67. The molecule has 1 aromatic rings. The summed E-state index contributed by atoms with van der Waals surface area (Å²) in [5, 5.41) is 19.4. The fourth-order valence-electron chi connectivity index (χ4n) is 1.57. The molecule has 2 heterocycles. The first-order chi connectivity index (χ1) is 8.58. The summed E-state index contributed by atoms with van der Waals surface area (Å²) in [5.74, 6) is -1.24. The van der Waals surface area contributed by atoms with Crippen molar-refractivity contribution in [2.45, 2.75) is 12.5 Å². The minimum absolute atomic E-state index is 0.0804. The lowest BCUT2D eigenvalue weighted by atomic mass is 10.2. The van der Waals surface area contributed by atoms with Gasteiger partial charge in [-0.1, -0.05) is 5.21 Å². The number of carbonyl (C=O) groups is 2. The maximum absolute atomic E-state index is 11.9. The minimum Gasteiger partial charge on any atom is -0.481 e. The number of rotatable bonds is 5. The summed E-state index contributed by atoms with van der Waals surface area (Å²) in [5.41, 5.74) is 0.245. The van der Waals surface area contributed by atoms with Crippen molar-refractivity contribution in [3.63, 3.8) is 0 Å². The number of aliphatic carboxylic acids is 1. The number of amides is 1. The van der Waals surface area contributed by atoms with Gasteiger partial charge in [0.2, 0.25) is 0 Å². The third kappa shape index (κ3) is 2.65. The van der Waals surface area contributed by atoms with Crippen LogP contribution in [0.3, 0.4) is 0 Å². The van der Waals surface area contributed by atoms with E-state index in [9.17, 15) is 9.59 Å². The molecule has 0 atom stereocenters. The van der Waals surface area contributed by atoms with E-state index in [1.165, 1.54) is 4.90 Å². The van der Waals surface area contributed by atoms with E-state index in [1.54, 1.807) is 17.9 Å².